The van der Waals surface area contributed by atoms with Crippen molar-refractivity contribution in [2.45, 2.75) is 25.8 Å². The SMILES string of the molecule is O=C(Nc1nc2c(s1)CN(CC(=O)N1CCCc3ccccc31)CC2)c1ccccn1. The lowest BCUT2D eigenvalue weighted by atomic mass is 10.0. The van der Waals surface area contributed by atoms with E-state index in [4.69, 9.17) is 0 Å². The summed E-state index contributed by atoms with van der Waals surface area (Å²) in [6.07, 6.45) is 4.40. The Morgan fingerprint density at radius 2 is 1.94 bits per heavy atom. The maximum Gasteiger partial charge on any atom is 0.276 e. The average Bonchev–Trinajstić information content (AvgIpc) is 3.20. The molecule has 3 aromatic rings. The molecule has 0 atom stereocenters. The van der Waals surface area contributed by atoms with E-state index in [0.29, 0.717) is 23.9 Å². The molecule has 2 amide bonds. The van der Waals surface area contributed by atoms with Crippen LogP contribution in [0.3, 0.4) is 0 Å². The Kier molecular flexibility index (Phi) is 5.48. The van der Waals surface area contributed by atoms with Crippen molar-refractivity contribution in [3.05, 3.63) is 70.5 Å². The first kappa shape index (κ1) is 19.8. The van der Waals surface area contributed by atoms with Gasteiger partial charge in [-0.3, -0.25) is 24.8 Å². The van der Waals surface area contributed by atoms with Crippen LogP contribution in [0.15, 0.2) is 48.7 Å². The maximum absolute atomic E-state index is 13.1. The summed E-state index contributed by atoms with van der Waals surface area (Å²) in [5.41, 5.74) is 3.67. The van der Waals surface area contributed by atoms with Crippen molar-refractivity contribution in [3.8, 4) is 0 Å². The first-order chi connectivity index (χ1) is 15.2. The van der Waals surface area contributed by atoms with Crippen molar-refractivity contribution in [3.63, 3.8) is 0 Å². The summed E-state index contributed by atoms with van der Waals surface area (Å²) in [6.45, 7) is 2.62. The van der Waals surface area contributed by atoms with Gasteiger partial charge in [0.15, 0.2) is 5.13 Å². The molecule has 1 N–H and O–H groups in total. The van der Waals surface area contributed by atoms with Gasteiger partial charge in [-0.25, -0.2) is 4.98 Å². The minimum absolute atomic E-state index is 0.142. The van der Waals surface area contributed by atoms with E-state index in [1.54, 1.807) is 24.4 Å². The number of anilines is 2. The molecule has 7 nitrogen and oxygen atoms in total. The molecule has 0 aliphatic carbocycles. The number of para-hydroxylation sites is 1. The second-order valence-electron chi connectivity index (χ2n) is 7.80. The molecule has 0 radical (unpaired) electrons. The Balaban J connectivity index is 1.23. The fraction of sp³-hybridized carbons (Fsp3) is 0.304. The number of nitrogens with zero attached hydrogens (tertiary/aromatic N) is 4. The number of carbonyl (C=O) groups excluding carboxylic acids is 2. The number of aromatic nitrogens is 2. The Morgan fingerprint density at radius 3 is 2.81 bits per heavy atom. The zero-order valence-electron chi connectivity index (χ0n) is 17.1. The van der Waals surface area contributed by atoms with Gasteiger partial charge in [0.25, 0.3) is 5.91 Å². The second kappa shape index (κ2) is 8.56. The predicted molar refractivity (Wildman–Crippen MR) is 120 cm³/mol. The monoisotopic (exact) mass is 433 g/mol. The third kappa shape index (κ3) is 4.22. The summed E-state index contributed by atoms with van der Waals surface area (Å²) in [5.74, 6) is -0.119. The Bertz CT molecular complexity index is 1110. The van der Waals surface area contributed by atoms with E-state index in [0.717, 1.165) is 48.6 Å². The van der Waals surface area contributed by atoms with Gasteiger partial charge in [0.2, 0.25) is 5.91 Å². The van der Waals surface area contributed by atoms with Crippen molar-refractivity contribution >= 4 is 34.0 Å². The quantitative estimate of drug-likeness (QED) is 0.684. The molecule has 5 rings (SSSR count). The molecular formula is C23H23N5O2S. The van der Waals surface area contributed by atoms with Gasteiger partial charge in [-0.15, -0.1) is 11.3 Å². The zero-order valence-corrected chi connectivity index (χ0v) is 17.9. The highest BCUT2D eigenvalue weighted by Gasteiger charge is 2.27. The number of rotatable bonds is 4. The molecule has 31 heavy (non-hydrogen) atoms. The molecule has 0 fully saturated rings. The van der Waals surface area contributed by atoms with E-state index in [-0.39, 0.29) is 11.8 Å². The molecule has 0 saturated heterocycles. The highest BCUT2D eigenvalue weighted by atomic mass is 32.1. The van der Waals surface area contributed by atoms with Gasteiger partial charge in [0.05, 0.1) is 12.2 Å². The summed E-state index contributed by atoms with van der Waals surface area (Å²) in [5, 5.41) is 3.43. The van der Waals surface area contributed by atoms with Crippen LogP contribution in [0, 0.1) is 0 Å². The van der Waals surface area contributed by atoms with E-state index >= 15 is 0 Å². The highest BCUT2D eigenvalue weighted by Crippen LogP contribution is 2.30. The molecule has 8 heteroatoms. The molecule has 158 valence electrons. The number of benzene rings is 1. The summed E-state index contributed by atoms with van der Waals surface area (Å²) in [6, 6.07) is 13.4. The van der Waals surface area contributed by atoms with E-state index in [1.807, 2.05) is 23.1 Å². The van der Waals surface area contributed by atoms with Crippen molar-refractivity contribution in [2.24, 2.45) is 0 Å². The van der Waals surface area contributed by atoms with E-state index < -0.39 is 0 Å². The average molecular weight is 434 g/mol. The maximum atomic E-state index is 13.1. The number of thiazole rings is 1. The second-order valence-corrected chi connectivity index (χ2v) is 8.88. The van der Waals surface area contributed by atoms with Gasteiger partial charge in [-0.1, -0.05) is 24.3 Å². The lowest BCUT2D eigenvalue weighted by Crippen LogP contribution is -2.44. The fourth-order valence-corrected chi connectivity index (χ4v) is 5.21. The number of aryl methyl sites for hydroxylation is 1. The number of hydrogen-bond acceptors (Lipinski definition) is 6. The number of hydrogen-bond donors (Lipinski definition) is 1. The third-order valence-electron chi connectivity index (χ3n) is 5.70. The van der Waals surface area contributed by atoms with Crippen LogP contribution in [0.1, 0.15) is 33.0 Å². The van der Waals surface area contributed by atoms with E-state index in [1.165, 1.54) is 16.9 Å². The number of carbonyl (C=O) groups is 2. The van der Waals surface area contributed by atoms with Crippen molar-refractivity contribution in [2.75, 3.05) is 29.9 Å². The van der Waals surface area contributed by atoms with Gasteiger partial charge >= 0.3 is 0 Å². The first-order valence-electron chi connectivity index (χ1n) is 10.5. The molecule has 0 spiro atoms. The number of pyridine rings is 1. The van der Waals surface area contributed by atoms with E-state index in [2.05, 4.69) is 26.3 Å². The van der Waals surface area contributed by atoms with Crippen LogP contribution in [0.5, 0.6) is 0 Å². The summed E-state index contributed by atoms with van der Waals surface area (Å²) in [7, 11) is 0. The lowest BCUT2D eigenvalue weighted by molar-refractivity contribution is -0.120. The minimum Gasteiger partial charge on any atom is -0.311 e. The van der Waals surface area contributed by atoms with Gasteiger partial charge in [0.1, 0.15) is 5.69 Å². The number of amides is 2. The molecule has 2 aliphatic rings. The zero-order chi connectivity index (χ0) is 21.2. The smallest absolute Gasteiger partial charge is 0.276 e. The van der Waals surface area contributed by atoms with Gasteiger partial charge in [-0.05, 0) is 36.6 Å². The van der Waals surface area contributed by atoms with Crippen LogP contribution in [0.25, 0.3) is 0 Å². The first-order valence-corrected chi connectivity index (χ1v) is 11.3. The molecule has 2 aliphatic heterocycles. The molecule has 0 bridgehead atoms. The Morgan fingerprint density at radius 1 is 1.06 bits per heavy atom. The Labute approximate surface area is 184 Å². The van der Waals surface area contributed by atoms with Gasteiger partial charge < -0.3 is 4.90 Å². The number of nitrogens with one attached hydrogen (secondary N) is 1. The van der Waals surface area contributed by atoms with Crippen molar-refractivity contribution in [1.82, 2.24) is 14.9 Å². The van der Waals surface area contributed by atoms with Crippen molar-refractivity contribution in [1.29, 1.82) is 0 Å². The molecule has 4 heterocycles. The van der Waals surface area contributed by atoms with Gasteiger partial charge in [0, 0.05) is 42.8 Å². The molecule has 2 aromatic heterocycles. The lowest BCUT2D eigenvalue weighted by Gasteiger charge is -2.32. The standard InChI is InChI=1S/C23H23N5O2S/c29-21(28-12-5-7-16-6-1-2-9-19(16)28)15-27-13-10-17-20(14-27)31-23(25-17)26-22(30)18-8-3-4-11-24-18/h1-4,6,8-9,11H,5,7,10,12-15H2,(H,25,26,30). The Hall–Kier alpha value is -3.10. The number of fused-ring (bicyclic) bond motifs is 2. The molecule has 1 aromatic carbocycles. The van der Waals surface area contributed by atoms with E-state index in [9.17, 15) is 9.59 Å². The van der Waals surface area contributed by atoms with Crippen LogP contribution < -0.4 is 10.2 Å². The molecule has 0 saturated carbocycles. The van der Waals surface area contributed by atoms with Crippen LogP contribution in [-0.2, 0) is 24.2 Å². The minimum atomic E-state index is -0.262. The summed E-state index contributed by atoms with van der Waals surface area (Å²) >= 11 is 1.48. The largest absolute Gasteiger partial charge is 0.311 e. The van der Waals surface area contributed by atoms with Crippen LogP contribution in [-0.4, -0.2) is 46.3 Å². The third-order valence-corrected chi connectivity index (χ3v) is 6.70. The van der Waals surface area contributed by atoms with Crippen molar-refractivity contribution < 1.29 is 9.59 Å². The summed E-state index contributed by atoms with van der Waals surface area (Å²) in [4.78, 5) is 39.3. The predicted octanol–water partition coefficient (Wildman–Crippen LogP) is 3.13. The fourth-order valence-electron chi connectivity index (χ4n) is 4.16. The normalized spacial score (nSPS) is 15.8. The summed E-state index contributed by atoms with van der Waals surface area (Å²) < 4.78 is 0. The van der Waals surface area contributed by atoms with Crippen LogP contribution >= 0.6 is 11.3 Å². The highest BCUT2D eigenvalue weighted by molar-refractivity contribution is 7.15. The molecular weight excluding hydrogens is 410 g/mol. The topological polar surface area (TPSA) is 78.4 Å². The molecule has 0 unspecified atom stereocenters. The van der Waals surface area contributed by atoms with Gasteiger partial charge in [-0.2, -0.15) is 0 Å². The van der Waals surface area contributed by atoms with Crippen LogP contribution in [0.4, 0.5) is 10.8 Å². The van der Waals surface area contributed by atoms with Crippen LogP contribution in [0.2, 0.25) is 0 Å².